The van der Waals surface area contributed by atoms with Crippen molar-refractivity contribution < 1.29 is 9.59 Å². The van der Waals surface area contributed by atoms with Crippen LogP contribution in [-0.4, -0.2) is 23.8 Å². The highest BCUT2D eigenvalue weighted by Crippen LogP contribution is 2.32. The number of amides is 2. The first-order valence-corrected chi connectivity index (χ1v) is 5.44. The smallest absolute Gasteiger partial charge is 0.232 e. The standard InChI is InChI=1S/C11H19NO2/c1-4-6-8-9(7-5-2)11(14)12(3)10(8)13/h8-9H,4-7H2,1-3H3. The molecule has 0 radical (unpaired) electrons. The first kappa shape index (κ1) is 11.2. The highest BCUT2D eigenvalue weighted by atomic mass is 16.2. The highest BCUT2D eigenvalue weighted by Gasteiger charge is 2.44. The molecule has 0 bridgehead atoms. The zero-order valence-corrected chi connectivity index (χ0v) is 9.25. The fourth-order valence-corrected chi connectivity index (χ4v) is 2.22. The lowest BCUT2D eigenvalue weighted by Crippen LogP contribution is -2.26. The lowest BCUT2D eigenvalue weighted by atomic mass is 9.88. The van der Waals surface area contributed by atoms with E-state index in [2.05, 4.69) is 13.8 Å². The molecule has 1 rings (SSSR count). The minimum absolute atomic E-state index is 0.0234. The summed E-state index contributed by atoms with van der Waals surface area (Å²) in [6, 6.07) is 0. The molecule has 0 spiro atoms. The number of carbonyl (C=O) groups excluding carboxylic acids is 2. The Morgan fingerprint density at radius 1 is 1.00 bits per heavy atom. The minimum atomic E-state index is -0.0440. The third-order valence-corrected chi connectivity index (χ3v) is 2.98. The van der Waals surface area contributed by atoms with Crippen LogP contribution in [-0.2, 0) is 9.59 Å². The van der Waals surface area contributed by atoms with Gasteiger partial charge in [-0.05, 0) is 12.8 Å². The number of likely N-dealkylation sites (tertiary alicyclic amines) is 1. The van der Waals surface area contributed by atoms with Gasteiger partial charge in [-0.2, -0.15) is 0 Å². The van der Waals surface area contributed by atoms with Crippen LogP contribution in [0.4, 0.5) is 0 Å². The number of imide groups is 1. The molecule has 1 fully saturated rings. The van der Waals surface area contributed by atoms with Crippen molar-refractivity contribution in [3.05, 3.63) is 0 Å². The largest absolute Gasteiger partial charge is 0.285 e. The molecule has 0 aromatic heterocycles. The Labute approximate surface area is 85.5 Å². The van der Waals surface area contributed by atoms with Crippen molar-refractivity contribution >= 4 is 11.8 Å². The average molecular weight is 197 g/mol. The molecule has 0 aromatic rings. The van der Waals surface area contributed by atoms with Crippen LogP contribution < -0.4 is 0 Å². The number of nitrogens with zero attached hydrogens (tertiary/aromatic N) is 1. The lowest BCUT2D eigenvalue weighted by Gasteiger charge is -2.12. The molecule has 0 aliphatic carbocycles. The van der Waals surface area contributed by atoms with E-state index in [1.165, 1.54) is 4.90 Å². The average Bonchev–Trinajstić information content (AvgIpc) is 2.36. The van der Waals surface area contributed by atoms with Gasteiger partial charge in [-0.1, -0.05) is 26.7 Å². The fourth-order valence-electron chi connectivity index (χ4n) is 2.22. The lowest BCUT2D eigenvalue weighted by molar-refractivity contribution is -0.138. The van der Waals surface area contributed by atoms with E-state index >= 15 is 0 Å². The van der Waals surface area contributed by atoms with Crippen LogP contribution in [0.15, 0.2) is 0 Å². The van der Waals surface area contributed by atoms with Gasteiger partial charge in [0.25, 0.3) is 0 Å². The molecule has 1 aliphatic heterocycles. The zero-order valence-electron chi connectivity index (χ0n) is 9.25. The molecular weight excluding hydrogens is 178 g/mol. The van der Waals surface area contributed by atoms with Gasteiger partial charge in [-0.15, -0.1) is 0 Å². The van der Waals surface area contributed by atoms with Gasteiger partial charge >= 0.3 is 0 Å². The van der Waals surface area contributed by atoms with E-state index in [-0.39, 0.29) is 23.7 Å². The van der Waals surface area contributed by atoms with E-state index in [9.17, 15) is 9.59 Å². The second-order valence-electron chi connectivity index (χ2n) is 4.03. The van der Waals surface area contributed by atoms with Crippen LogP contribution in [0.25, 0.3) is 0 Å². The van der Waals surface area contributed by atoms with E-state index < -0.39 is 0 Å². The molecule has 80 valence electrons. The second-order valence-corrected chi connectivity index (χ2v) is 4.03. The van der Waals surface area contributed by atoms with Crippen molar-refractivity contribution in [3.8, 4) is 0 Å². The summed E-state index contributed by atoms with van der Waals surface area (Å²) in [7, 11) is 1.60. The third-order valence-electron chi connectivity index (χ3n) is 2.98. The molecule has 2 unspecified atom stereocenters. The summed E-state index contributed by atoms with van der Waals surface area (Å²) in [5.74, 6) is -0.0412. The molecule has 1 aliphatic rings. The van der Waals surface area contributed by atoms with E-state index in [0.29, 0.717) is 0 Å². The summed E-state index contributed by atoms with van der Waals surface area (Å²) in [6.07, 6.45) is 3.63. The number of carbonyl (C=O) groups is 2. The molecule has 3 nitrogen and oxygen atoms in total. The third kappa shape index (κ3) is 1.81. The topological polar surface area (TPSA) is 37.4 Å². The summed E-state index contributed by atoms with van der Waals surface area (Å²) >= 11 is 0. The van der Waals surface area contributed by atoms with Gasteiger partial charge in [0.1, 0.15) is 0 Å². The van der Waals surface area contributed by atoms with E-state index in [4.69, 9.17) is 0 Å². The Bertz CT molecular complexity index is 213. The molecule has 0 aromatic carbocycles. The van der Waals surface area contributed by atoms with E-state index in [0.717, 1.165) is 25.7 Å². The van der Waals surface area contributed by atoms with Crippen LogP contribution in [0, 0.1) is 11.8 Å². The Kier molecular flexibility index (Phi) is 3.67. The van der Waals surface area contributed by atoms with E-state index in [1.807, 2.05) is 0 Å². The SMILES string of the molecule is CCCC1C(=O)N(C)C(=O)C1CCC. The summed E-state index contributed by atoms with van der Waals surface area (Å²) in [4.78, 5) is 24.7. The zero-order chi connectivity index (χ0) is 10.7. The summed E-state index contributed by atoms with van der Waals surface area (Å²) in [5, 5.41) is 0. The summed E-state index contributed by atoms with van der Waals surface area (Å²) in [5.41, 5.74) is 0. The molecule has 2 atom stereocenters. The summed E-state index contributed by atoms with van der Waals surface area (Å²) < 4.78 is 0. The molecular formula is C11H19NO2. The van der Waals surface area contributed by atoms with E-state index in [1.54, 1.807) is 7.05 Å². The van der Waals surface area contributed by atoms with Crippen molar-refractivity contribution in [2.24, 2.45) is 11.8 Å². The van der Waals surface area contributed by atoms with Crippen molar-refractivity contribution in [2.75, 3.05) is 7.05 Å². The molecule has 1 heterocycles. The molecule has 3 heteroatoms. The number of hydrogen-bond donors (Lipinski definition) is 0. The first-order valence-electron chi connectivity index (χ1n) is 5.44. The maximum absolute atomic E-state index is 11.7. The van der Waals surface area contributed by atoms with Crippen LogP contribution >= 0.6 is 0 Å². The van der Waals surface area contributed by atoms with Crippen molar-refractivity contribution in [1.29, 1.82) is 0 Å². The molecule has 14 heavy (non-hydrogen) atoms. The van der Waals surface area contributed by atoms with Gasteiger partial charge in [0, 0.05) is 7.05 Å². The van der Waals surface area contributed by atoms with Gasteiger partial charge in [0.15, 0.2) is 0 Å². The van der Waals surface area contributed by atoms with Gasteiger partial charge in [-0.25, -0.2) is 0 Å². The first-order chi connectivity index (χ1) is 6.63. The minimum Gasteiger partial charge on any atom is -0.285 e. The predicted octanol–water partition coefficient (Wildman–Crippen LogP) is 1.82. The highest BCUT2D eigenvalue weighted by molar-refractivity contribution is 6.04. The quantitative estimate of drug-likeness (QED) is 0.645. The normalized spacial score (nSPS) is 27.5. The van der Waals surface area contributed by atoms with Gasteiger partial charge in [0.2, 0.25) is 11.8 Å². The van der Waals surface area contributed by atoms with Crippen LogP contribution in [0.3, 0.4) is 0 Å². The number of rotatable bonds is 4. The Hall–Kier alpha value is -0.860. The van der Waals surface area contributed by atoms with Gasteiger partial charge in [-0.3, -0.25) is 14.5 Å². The van der Waals surface area contributed by atoms with Crippen LogP contribution in [0.2, 0.25) is 0 Å². The van der Waals surface area contributed by atoms with Gasteiger partial charge < -0.3 is 0 Å². The van der Waals surface area contributed by atoms with Crippen LogP contribution in [0.1, 0.15) is 39.5 Å². The summed E-state index contributed by atoms with van der Waals surface area (Å²) in [6.45, 7) is 4.11. The molecule has 1 saturated heterocycles. The van der Waals surface area contributed by atoms with Crippen molar-refractivity contribution in [1.82, 2.24) is 4.90 Å². The maximum Gasteiger partial charge on any atom is 0.232 e. The Morgan fingerprint density at radius 2 is 1.36 bits per heavy atom. The van der Waals surface area contributed by atoms with Gasteiger partial charge in [0.05, 0.1) is 11.8 Å². The Morgan fingerprint density at radius 3 is 1.64 bits per heavy atom. The monoisotopic (exact) mass is 197 g/mol. The fraction of sp³-hybridized carbons (Fsp3) is 0.818. The Balaban J connectivity index is 2.78. The molecule has 0 N–H and O–H groups in total. The molecule has 2 amide bonds. The van der Waals surface area contributed by atoms with Crippen molar-refractivity contribution in [2.45, 2.75) is 39.5 Å². The molecule has 0 saturated carbocycles. The van der Waals surface area contributed by atoms with Crippen LogP contribution in [0.5, 0.6) is 0 Å². The van der Waals surface area contributed by atoms with Crippen molar-refractivity contribution in [3.63, 3.8) is 0 Å². The second kappa shape index (κ2) is 4.58. The number of hydrogen-bond acceptors (Lipinski definition) is 2. The predicted molar refractivity (Wildman–Crippen MR) is 54.6 cm³/mol. The maximum atomic E-state index is 11.7.